The maximum Gasteiger partial charge on any atom is 0.186 e. The Morgan fingerprint density at radius 1 is 1.30 bits per heavy atom. The van der Waals surface area contributed by atoms with Crippen LogP contribution in [-0.4, -0.2) is 23.6 Å². The molecular formula is C16H25N3S. The van der Waals surface area contributed by atoms with Crippen LogP contribution in [0.25, 0.3) is 0 Å². The van der Waals surface area contributed by atoms with Gasteiger partial charge in [0.05, 0.1) is 5.69 Å². The molecule has 3 aliphatic rings. The second-order valence-corrected chi connectivity index (χ2v) is 8.16. The van der Waals surface area contributed by atoms with E-state index in [1.54, 1.807) is 0 Å². The van der Waals surface area contributed by atoms with E-state index in [9.17, 15) is 0 Å². The van der Waals surface area contributed by atoms with Crippen molar-refractivity contribution in [2.45, 2.75) is 70.5 Å². The third-order valence-corrected chi connectivity index (χ3v) is 6.11. The zero-order valence-electron chi connectivity index (χ0n) is 12.6. The molecule has 0 aromatic carbocycles. The van der Waals surface area contributed by atoms with Gasteiger partial charge in [-0.25, -0.2) is 4.98 Å². The van der Waals surface area contributed by atoms with Gasteiger partial charge >= 0.3 is 0 Å². The lowest BCUT2D eigenvalue weighted by molar-refractivity contribution is 0.552. The molecule has 20 heavy (non-hydrogen) atoms. The lowest BCUT2D eigenvalue weighted by Crippen LogP contribution is -2.31. The fraction of sp³-hybridized carbons (Fsp3) is 0.812. The number of thiazole rings is 1. The van der Waals surface area contributed by atoms with E-state index in [1.165, 1.54) is 54.4 Å². The van der Waals surface area contributed by atoms with Crippen molar-refractivity contribution in [3.8, 4) is 0 Å². The first-order valence-corrected chi connectivity index (χ1v) is 9.02. The maximum atomic E-state index is 5.06. The molecular weight excluding hydrogens is 266 g/mol. The van der Waals surface area contributed by atoms with Crippen LogP contribution < -0.4 is 10.2 Å². The number of nitrogens with one attached hydrogen (secondary N) is 1. The highest BCUT2D eigenvalue weighted by molar-refractivity contribution is 7.15. The van der Waals surface area contributed by atoms with Crippen molar-refractivity contribution in [2.75, 3.05) is 11.4 Å². The van der Waals surface area contributed by atoms with Gasteiger partial charge < -0.3 is 10.2 Å². The van der Waals surface area contributed by atoms with Crippen LogP contribution in [0.3, 0.4) is 0 Å². The number of nitrogens with zero attached hydrogens (tertiary/aromatic N) is 2. The van der Waals surface area contributed by atoms with Gasteiger partial charge in [0.2, 0.25) is 0 Å². The van der Waals surface area contributed by atoms with E-state index in [-0.39, 0.29) is 0 Å². The molecule has 2 saturated carbocycles. The highest BCUT2D eigenvalue weighted by Gasteiger charge is 2.40. The van der Waals surface area contributed by atoms with Gasteiger partial charge in [-0.2, -0.15) is 0 Å². The minimum absolute atomic E-state index is 0.551. The fourth-order valence-electron chi connectivity index (χ4n) is 3.73. The molecule has 1 saturated heterocycles. The Hall–Kier alpha value is -0.610. The van der Waals surface area contributed by atoms with Gasteiger partial charge in [-0.15, -0.1) is 11.3 Å². The van der Waals surface area contributed by atoms with Gasteiger partial charge in [-0.3, -0.25) is 0 Å². The van der Waals surface area contributed by atoms with Crippen LogP contribution in [0.4, 0.5) is 5.13 Å². The standard InChI is InChI=1S/C16H25N3S/c1-10(2)17-8-14-15(12-4-5-12)18-16(20-14)19-9-11-3-6-13(19)7-11/h10-13,17H,3-9H2,1-2H3. The molecule has 2 heterocycles. The van der Waals surface area contributed by atoms with Crippen molar-refractivity contribution in [1.29, 1.82) is 0 Å². The van der Waals surface area contributed by atoms with E-state index in [1.807, 2.05) is 11.3 Å². The first-order chi connectivity index (χ1) is 9.70. The summed E-state index contributed by atoms with van der Waals surface area (Å²) >= 11 is 1.96. The van der Waals surface area contributed by atoms with Crippen LogP contribution in [0, 0.1) is 5.92 Å². The topological polar surface area (TPSA) is 28.2 Å². The molecule has 3 nitrogen and oxygen atoms in total. The second kappa shape index (κ2) is 4.99. The van der Waals surface area contributed by atoms with Crippen LogP contribution in [0.1, 0.15) is 62.4 Å². The Morgan fingerprint density at radius 2 is 2.15 bits per heavy atom. The lowest BCUT2D eigenvalue weighted by Gasteiger charge is -2.26. The Kier molecular flexibility index (Phi) is 3.26. The molecule has 1 N–H and O–H groups in total. The molecule has 2 atom stereocenters. The zero-order valence-corrected chi connectivity index (χ0v) is 13.4. The normalized spacial score (nSPS) is 28.9. The summed E-state index contributed by atoms with van der Waals surface area (Å²) in [7, 11) is 0. The molecule has 0 spiro atoms. The summed E-state index contributed by atoms with van der Waals surface area (Å²) in [6.45, 7) is 6.71. The van der Waals surface area contributed by atoms with E-state index in [0.29, 0.717) is 6.04 Å². The first kappa shape index (κ1) is 13.1. The molecule has 110 valence electrons. The fourth-order valence-corrected chi connectivity index (χ4v) is 4.91. The van der Waals surface area contributed by atoms with Crippen LogP contribution >= 0.6 is 11.3 Å². The third-order valence-electron chi connectivity index (χ3n) is 5.01. The molecule has 0 radical (unpaired) electrons. The van der Waals surface area contributed by atoms with Gasteiger partial charge in [0.1, 0.15) is 0 Å². The quantitative estimate of drug-likeness (QED) is 0.900. The third kappa shape index (κ3) is 2.37. The minimum atomic E-state index is 0.551. The van der Waals surface area contributed by atoms with Gasteiger partial charge in [-0.05, 0) is 38.0 Å². The van der Waals surface area contributed by atoms with Crippen molar-refractivity contribution in [1.82, 2.24) is 10.3 Å². The molecule has 2 bridgehead atoms. The Morgan fingerprint density at radius 3 is 2.75 bits per heavy atom. The van der Waals surface area contributed by atoms with Gasteiger partial charge in [0.15, 0.2) is 5.13 Å². The van der Waals surface area contributed by atoms with Crippen molar-refractivity contribution < 1.29 is 0 Å². The average Bonchev–Trinajstić information content (AvgIpc) is 2.89. The predicted molar refractivity (Wildman–Crippen MR) is 84.5 cm³/mol. The summed E-state index contributed by atoms with van der Waals surface area (Å²) in [5.41, 5.74) is 1.42. The van der Waals surface area contributed by atoms with Crippen molar-refractivity contribution in [2.24, 2.45) is 5.92 Å². The summed E-state index contributed by atoms with van der Waals surface area (Å²) in [6.07, 6.45) is 6.96. The van der Waals surface area contributed by atoms with Gasteiger partial charge in [-0.1, -0.05) is 13.8 Å². The molecule has 3 fully saturated rings. The van der Waals surface area contributed by atoms with E-state index in [2.05, 4.69) is 24.1 Å². The molecule has 4 heteroatoms. The number of aromatic nitrogens is 1. The Balaban J connectivity index is 1.56. The highest BCUT2D eigenvalue weighted by Crippen LogP contribution is 2.47. The lowest BCUT2D eigenvalue weighted by atomic mass is 10.1. The van der Waals surface area contributed by atoms with E-state index in [0.717, 1.165) is 24.4 Å². The average molecular weight is 291 g/mol. The summed E-state index contributed by atoms with van der Waals surface area (Å²) < 4.78 is 0. The summed E-state index contributed by atoms with van der Waals surface area (Å²) in [5.74, 6) is 1.72. The molecule has 2 unspecified atom stereocenters. The number of hydrogen-bond donors (Lipinski definition) is 1. The molecule has 4 rings (SSSR count). The maximum absolute atomic E-state index is 5.06. The highest BCUT2D eigenvalue weighted by atomic mass is 32.1. The number of piperidine rings is 1. The Bertz CT molecular complexity index is 492. The zero-order chi connectivity index (χ0) is 13.7. The number of fused-ring (bicyclic) bond motifs is 2. The summed E-state index contributed by atoms with van der Waals surface area (Å²) in [5, 5.41) is 4.89. The molecule has 0 amide bonds. The SMILES string of the molecule is CC(C)NCc1sc(N2CC3CCC2C3)nc1C1CC1. The molecule has 1 aromatic heterocycles. The smallest absolute Gasteiger partial charge is 0.186 e. The first-order valence-electron chi connectivity index (χ1n) is 8.20. The second-order valence-electron chi connectivity index (χ2n) is 7.10. The molecule has 1 aliphatic heterocycles. The largest absolute Gasteiger partial charge is 0.345 e. The summed E-state index contributed by atoms with van der Waals surface area (Å²) in [4.78, 5) is 9.17. The minimum Gasteiger partial charge on any atom is -0.345 e. The van der Waals surface area contributed by atoms with Crippen LogP contribution in [0.5, 0.6) is 0 Å². The predicted octanol–water partition coefficient (Wildman–Crippen LogP) is 3.51. The van der Waals surface area contributed by atoms with Crippen LogP contribution in [-0.2, 0) is 6.54 Å². The van der Waals surface area contributed by atoms with Gasteiger partial charge in [0, 0.05) is 36.0 Å². The molecule has 2 aliphatic carbocycles. The van der Waals surface area contributed by atoms with Crippen molar-refractivity contribution in [3.05, 3.63) is 10.6 Å². The van der Waals surface area contributed by atoms with E-state index >= 15 is 0 Å². The van der Waals surface area contributed by atoms with E-state index < -0.39 is 0 Å². The van der Waals surface area contributed by atoms with E-state index in [4.69, 9.17) is 4.98 Å². The molecule has 1 aromatic rings. The Labute approximate surface area is 125 Å². The van der Waals surface area contributed by atoms with Crippen molar-refractivity contribution >= 4 is 16.5 Å². The number of anilines is 1. The van der Waals surface area contributed by atoms with Crippen LogP contribution in [0.2, 0.25) is 0 Å². The number of rotatable bonds is 5. The van der Waals surface area contributed by atoms with Gasteiger partial charge in [0.25, 0.3) is 0 Å². The monoisotopic (exact) mass is 291 g/mol. The number of hydrogen-bond acceptors (Lipinski definition) is 4. The van der Waals surface area contributed by atoms with Crippen molar-refractivity contribution in [3.63, 3.8) is 0 Å². The summed E-state index contributed by atoms with van der Waals surface area (Å²) in [6, 6.07) is 1.35. The van der Waals surface area contributed by atoms with Crippen LogP contribution in [0.15, 0.2) is 0 Å².